The van der Waals surface area contributed by atoms with E-state index in [4.69, 9.17) is 0 Å². The number of hydrogen-bond donors (Lipinski definition) is 0. The largest absolute Gasteiger partial charge is 0.323 e. The van der Waals surface area contributed by atoms with Crippen molar-refractivity contribution < 1.29 is 0 Å². The molecule has 0 unspecified atom stereocenters. The zero-order chi connectivity index (χ0) is 9.90. The maximum absolute atomic E-state index is 2.49. The molecule has 1 aromatic rings. The predicted molar refractivity (Wildman–Crippen MR) is 61.9 cm³/mol. The van der Waals surface area contributed by atoms with Crippen LogP contribution < -0.4 is 5.19 Å². The van der Waals surface area contributed by atoms with Crippen LogP contribution in [0.3, 0.4) is 0 Å². The van der Waals surface area contributed by atoms with Gasteiger partial charge in [-0.15, -0.1) is 0 Å². The van der Waals surface area contributed by atoms with Gasteiger partial charge in [-0.05, 0) is 18.8 Å². The van der Waals surface area contributed by atoms with Crippen LogP contribution in [0.4, 0.5) is 0 Å². The summed E-state index contributed by atoms with van der Waals surface area (Å²) < 4.78 is 2.49. The first-order valence-corrected chi connectivity index (χ1v) is 7.80. The molecule has 0 aliphatic carbocycles. The highest BCUT2D eigenvalue weighted by molar-refractivity contribution is 6.87. The van der Waals surface area contributed by atoms with E-state index in [0.29, 0.717) is 0 Å². The van der Waals surface area contributed by atoms with Crippen LogP contribution in [-0.4, -0.2) is 26.4 Å². The molecular formula is C11H19NSi. The Kier molecular flexibility index (Phi) is 3.28. The fourth-order valence-electron chi connectivity index (χ4n) is 1.46. The van der Waals surface area contributed by atoms with Gasteiger partial charge in [0.1, 0.15) is 0 Å². The Morgan fingerprint density at radius 3 is 2.15 bits per heavy atom. The number of benzene rings is 1. The first-order chi connectivity index (χ1) is 6.09. The minimum atomic E-state index is -1.35. The summed E-state index contributed by atoms with van der Waals surface area (Å²) in [6.45, 7) is 8.14. The summed E-state index contributed by atoms with van der Waals surface area (Å²) in [7, 11) is 0.872. The second-order valence-electron chi connectivity index (χ2n) is 3.94. The van der Waals surface area contributed by atoms with Crippen molar-refractivity contribution >= 4 is 13.4 Å². The zero-order valence-electron chi connectivity index (χ0n) is 9.04. The van der Waals surface area contributed by atoms with Crippen molar-refractivity contribution in [2.75, 3.05) is 13.6 Å². The van der Waals surface area contributed by atoms with Crippen LogP contribution in [-0.2, 0) is 0 Å². The third kappa shape index (κ3) is 2.20. The molecule has 2 heteroatoms. The minimum Gasteiger partial charge on any atom is -0.323 e. The van der Waals surface area contributed by atoms with Gasteiger partial charge in [-0.25, -0.2) is 0 Å². The Morgan fingerprint density at radius 1 is 1.15 bits per heavy atom. The second kappa shape index (κ2) is 4.07. The summed E-state index contributed by atoms with van der Waals surface area (Å²) in [5.74, 6) is 0. The molecule has 0 aliphatic rings. The van der Waals surface area contributed by atoms with E-state index in [1.54, 1.807) is 0 Å². The van der Waals surface area contributed by atoms with Crippen LogP contribution in [0, 0.1) is 0 Å². The summed E-state index contributed by atoms with van der Waals surface area (Å²) in [5.41, 5.74) is 0. The van der Waals surface area contributed by atoms with Gasteiger partial charge in [-0.2, -0.15) is 0 Å². The molecule has 0 aliphatic heterocycles. The molecule has 0 atom stereocenters. The van der Waals surface area contributed by atoms with Crippen LogP contribution in [0.5, 0.6) is 0 Å². The lowest BCUT2D eigenvalue weighted by Crippen LogP contribution is -2.55. The fourth-order valence-corrected chi connectivity index (χ4v) is 3.70. The van der Waals surface area contributed by atoms with E-state index in [1.807, 2.05) is 0 Å². The molecular weight excluding hydrogens is 174 g/mol. The topological polar surface area (TPSA) is 3.24 Å². The SMILES string of the molecule is CCN(C)[Si](C)(C)c1ccccc1. The molecule has 0 heterocycles. The molecule has 72 valence electrons. The van der Waals surface area contributed by atoms with Gasteiger partial charge in [-0.1, -0.05) is 50.3 Å². The van der Waals surface area contributed by atoms with Gasteiger partial charge in [-0.3, -0.25) is 0 Å². The van der Waals surface area contributed by atoms with E-state index in [2.05, 4.69) is 62.0 Å². The van der Waals surface area contributed by atoms with E-state index in [-0.39, 0.29) is 0 Å². The first-order valence-electron chi connectivity index (χ1n) is 4.85. The van der Waals surface area contributed by atoms with Gasteiger partial charge in [0.25, 0.3) is 0 Å². The highest BCUT2D eigenvalue weighted by Gasteiger charge is 2.27. The van der Waals surface area contributed by atoms with Crippen molar-refractivity contribution in [1.82, 2.24) is 4.57 Å². The Hall–Kier alpha value is -0.603. The van der Waals surface area contributed by atoms with E-state index >= 15 is 0 Å². The smallest absolute Gasteiger partial charge is 0.153 e. The summed E-state index contributed by atoms with van der Waals surface area (Å²) >= 11 is 0. The van der Waals surface area contributed by atoms with Crippen molar-refractivity contribution in [1.29, 1.82) is 0 Å². The molecule has 1 rings (SSSR count). The van der Waals surface area contributed by atoms with Crippen molar-refractivity contribution in [2.45, 2.75) is 20.0 Å². The number of rotatable bonds is 3. The van der Waals surface area contributed by atoms with Gasteiger partial charge >= 0.3 is 0 Å². The third-order valence-electron chi connectivity index (χ3n) is 2.91. The van der Waals surface area contributed by atoms with Gasteiger partial charge in [0, 0.05) is 0 Å². The Balaban J connectivity index is 2.93. The highest BCUT2D eigenvalue weighted by atomic mass is 28.3. The van der Waals surface area contributed by atoms with Gasteiger partial charge in [0.2, 0.25) is 0 Å². The molecule has 0 saturated heterocycles. The van der Waals surface area contributed by atoms with Crippen LogP contribution >= 0.6 is 0 Å². The second-order valence-corrected chi connectivity index (χ2v) is 8.40. The van der Waals surface area contributed by atoms with Gasteiger partial charge in [0.15, 0.2) is 8.24 Å². The molecule has 0 fully saturated rings. The molecule has 0 saturated carbocycles. The lowest BCUT2D eigenvalue weighted by atomic mass is 10.4. The molecule has 0 aromatic heterocycles. The highest BCUT2D eigenvalue weighted by Crippen LogP contribution is 2.07. The van der Waals surface area contributed by atoms with Crippen molar-refractivity contribution in [2.24, 2.45) is 0 Å². The average Bonchev–Trinajstić information content (AvgIpc) is 2.18. The molecule has 0 spiro atoms. The van der Waals surface area contributed by atoms with Crippen molar-refractivity contribution in [3.8, 4) is 0 Å². The van der Waals surface area contributed by atoms with Crippen LogP contribution in [0.25, 0.3) is 0 Å². The van der Waals surface area contributed by atoms with Gasteiger partial charge in [0.05, 0.1) is 0 Å². The fraction of sp³-hybridized carbons (Fsp3) is 0.455. The predicted octanol–water partition coefficient (Wildman–Crippen LogP) is 2.05. The molecule has 0 amide bonds. The van der Waals surface area contributed by atoms with E-state index in [1.165, 1.54) is 5.19 Å². The number of hydrogen-bond acceptors (Lipinski definition) is 1. The van der Waals surface area contributed by atoms with Crippen molar-refractivity contribution in [3.05, 3.63) is 30.3 Å². The Bertz CT molecular complexity index is 256. The summed E-state index contributed by atoms with van der Waals surface area (Å²) in [6.07, 6.45) is 0. The van der Waals surface area contributed by atoms with Crippen molar-refractivity contribution in [3.63, 3.8) is 0 Å². The summed E-state index contributed by atoms with van der Waals surface area (Å²) in [5, 5.41) is 1.51. The molecule has 1 aromatic carbocycles. The van der Waals surface area contributed by atoms with E-state index in [0.717, 1.165) is 6.54 Å². The van der Waals surface area contributed by atoms with E-state index in [9.17, 15) is 0 Å². The zero-order valence-corrected chi connectivity index (χ0v) is 10.0. The lowest BCUT2D eigenvalue weighted by Gasteiger charge is -2.33. The standard InChI is InChI=1S/C11H19NSi/c1-5-12(2)13(3,4)11-9-7-6-8-10-11/h6-10H,5H2,1-4H3. The maximum Gasteiger partial charge on any atom is 0.153 e. The quantitative estimate of drug-likeness (QED) is 0.664. The lowest BCUT2D eigenvalue weighted by molar-refractivity contribution is 0.545. The van der Waals surface area contributed by atoms with E-state index < -0.39 is 8.24 Å². The minimum absolute atomic E-state index is 1.13. The Labute approximate surface area is 82.5 Å². The van der Waals surface area contributed by atoms with Crippen LogP contribution in [0.15, 0.2) is 30.3 Å². The molecule has 0 radical (unpaired) electrons. The molecule has 1 nitrogen and oxygen atoms in total. The monoisotopic (exact) mass is 193 g/mol. The normalized spacial score (nSPS) is 12.1. The molecule has 13 heavy (non-hydrogen) atoms. The molecule has 0 bridgehead atoms. The van der Waals surface area contributed by atoms with Crippen LogP contribution in [0.2, 0.25) is 13.1 Å². The molecule has 0 N–H and O–H groups in total. The van der Waals surface area contributed by atoms with Crippen LogP contribution in [0.1, 0.15) is 6.92 Å². The van der Waals surface area contributed by atoms with Gasteiger partial charge < -0.3 is 4.57 Å². The summed E-state index contributed by atoms with van der Waals surface area (Å²) in [4.78, 5) is 0. The Morgan fingerprint density at radius 2 is 1.69 bits per heavy atom. The third-order valence-corrected chi connectivity index (χ3v) is 6.88. The number of nitrogens with zero attached hydrogens (tertiary/aromatic N) is 1. The first kappa shape index (κ1) is 10.5. The average molecular weight is 193 g/mol. The maximum atomic E-state index is 2.49. The summed E-state index contributed by atoms with van der Waals surface area (Å²) in [6, 6.07) is 10.8.